The van der Waals surface area contributed by atoms with Gasteiger partial charge in [0.05, 0.1) is 6.04 Å². The van der Waals surface area contributed by atoms with Gasteiger partial charge in [-0.25, -0.2) is 9.67 Å². The van der Waals surface area contributed by atoms with E-state index < -0.39 is 0 Å². The first kappa shape index (κ1) is 8.65. The van der Waals surface area contributed by atoms with Crippen molar-refractivity contribution in [2.75, 3.05) is 13.2 Å². The number of aliphatic hydroxyl groups excluding tert-OH is 1. The zero-order valence-electron chi connectivity index (χ0n) is 7.39. The summed E-state index contributed by atoms with van der Waals surface area (Å²) >= 11 is 0. The van der Waals surface area contributed by atoms with E-state index in [1.807, 2.05) is 4.68 Å². The van der Waals surface area contributed by atoms with E-state index in [2.05, 4.69) is 10.1 Å². The second-order valence-electron chi connectivity index (χ2n) is 3.12. The third kappa shape index (κ3) is 1.71. The number of hydrogen-bond donors (Lipinski definition) is 1. The molecule has 0 atom stereocenters. The summed E-state index contributed by atoms with van der Waals surface area (Å²) in [6.07, 6.45) is 3.40. The molecule has 1 aromatic heterocycles. The van der Waals surface area contributed by atoms with Crippen LogP contribution in [0, 0.1) is 0 Å². The monoisotopic (exact) mass is 183 g/mol. The molecule has 0 aliphatic carbocycles. The van der Waals surface area contributed by atoms with Gasteiger partial charge in [-0.15, -0.1) is 0 Å². The Labute approximate surface area is 76.3 Å². The Morgan fingerprint density at radius 3 is 3.00 bits per heavy atom. The number of rotatable bonds is 2. The molecule has 1 aromatic rings. The van der Waals surface area contributed by atoms with E-state index >= 15 is 0 Å². The highest BCUT2D eigenvalue weighted by molar-refractivity contribution is 4.85. The number of aromatic nitrogens is 3. The van der Waals surface area contributed by atoms with Gasteiger partial charge in [-0.1, -0.05) is 0 Å². The summed E-state index contributed by atoms with van der Waals surface area (Å²) in [5.74, 6) is 0.645. The average Bonchev–Trinajstić information content (AvgIpc) is 2.67. The Kier molecular flexibility index (Phi) is 2.56. The standard InChI is InChI=1S/C8H13N3O2/c12-5-8-9-6-10-11(8)7-1-3-13-4-2-7/h6-7,12H,1-5H2. The molecule has 0 bridgehead atoms. The molecular weight excluding hydrogens is 170 g/mol. The first-order valence-electron chi connectivity index (χ1n) is 4.49. The van der Waals surface area contributed by atoms with Gasteiger partial charge in [0.25, 0.3) is 0 Å². The maximum atomic E-state index is 8.98. The quantitative estimate of drug-likeness (QED) is 0.707. The van der Waals surface area contributed by atoms with E-state index in [1.165, 1.54) is 6.33 Å². The molecule has 0 amide bonds. The topological polar surface area (TPSA) is 60.2 Å². The molecule has 0 radical (unpaired) electrons. The second-order valence-corrected chi connectivity index (χ2v) is 3.12. The number of aliphatic hydroxyl groups is 1. The third-order valence-corrected chi connectivity index (χ3v) is 2.33. The largest absolute Gasteiger partial charge is 0.388 e. The van der Waals surface area contributed by atoms with Crippen molar-refractivity contribution in [2.24, 2.45) is 0 Å². The van der Waals surface area contributed by atoms with Crippen LogP contribution in [0.1, 0.15) is 24.7 Å². The van der Waals surface area contributed by atoms with E-state index in [0.29, 0.717) is 11.9 Å². The van der Waals surface area contributed by atoms with Crippen molar-refractivity contribution >= 4 is 0 Å². The molecule has 2 rings (SSSR count). The van der Waals surface area contributed by atoms with E-state index in [9.17, 15) is 0 Å². The highest BCUT2D eigenvalue weighted by Crippen LogP contribution is 2.20. The van der Waals surface area contributed by atoms with Crippen LogP contribution in [-0.4, -0.2) is 33.1 Å². The Bertz CT molecular complexity index is 268. The molecular formula is C8H13N3O2. The molecule has 0 unspecified atom stereocenters. The van der Waals surface area contributed by atoms with Crippen LogP contribution in [0.15, 0.2) is 6.33 Å². The number of hydrogen-bond acceptors (Lipinski definition) is 4. The first-order chi connectivity index (χ1) is 6.42. The van der Waals surface area contributed by atoms with Gasteiger partial charge in [-0.2, -0.15) is 5.10 Å². The number of ether oxygens (including phenoxy) is 1. The van der Waals surface area contributed by atoms with Crippen molar-refractivity contribution in [3.63, 3.8) is 0 Å². The minimum atomic E-state index is -0.0443. The Balaban J connectivity index is 2.13. The maximum Gasteiger partial charge on any atom is 0.152 e. The van der Waals surface area contributed by atoms with Crippen molar-refractivity contribution in [2.45, 2.75) is 25.5 Å². The smallest absolute Gasteiger partial charge is 0.152 e. The van der Waals surface area contributed by atoms with Crippen molar-refractivity contribution in [1.82, 2.24) is 14.8 Å². The SMILES string of the molecule is OCc1ncnn1C1CCOCC1. The van der Waals surface area contributed by atoms with Crippen LogP contribution in [0.4, 0.5) is 0 Å². The number of nitrogens with zero attached hydrogens (tertiary/aromatic N) is 3. The molecule has 0 saturated carbocycles. The molecule has 1 aliphatic heterocycles. The predicted octanol–water partition coefficient (Wildman–Crippen LogP) is 0.122. The molecule has 5 nitrogen and oxygen atoms in total. The Hall–Kier alpha value is -0.940. The summed E-state index contributed by atoms with van der Waals surface area (Å²) in [5, 5.41) is 13.1. The maximum absolute atomic E-state index is 8.98. The summed E-state index contributed by atoms with van der Waals surface area (Å²) in [6, 6.07) is 0.346. The van der Waals surface area contributed by atoms with Crippen molar-refractivity contribution in [3.05, 3.63) is 12.2 Å². The van der Waals surface area contributed by atoms with Crippen LogP contribution in [0.2, 0.25) is 0 Å². The molecule has 1 aliphatic rings. The second kappa shape index (κ2) is 3.85. The van der Waals surface area contributed by atoms with Gasteiger partial charge >= 0.3 is 0 Å². The zero-order valence-corrected chi connectivity index (χ0v) is 7.39. The lowest BCUT2D eigenvalue weighted by atomic mass is 10.1. The van der Waals surface area contributed by atoms with Gasteiger partial charge in [0.15, 0.2) is 5.82 Å². The average molecular weight is 183 g/mol. The summed E-state index contributed by atoms with van der Waals surface area (Å²) < 4.78 is 7.06. The molecule has 0 spiro atoms. The van der Waals surface area contributed by atoms with Crippen LogP contribution in [0.25, 0.3) is 0 Å². The predicted molar refractivity (Wildman–Crippen MR) is 45.0 cm³/mol. The molecule has 13 heavy (non-hydrogen) atoms. The first-order valence-corrected chi connectivity index (χ1v) is 4.49. The Morgan fingerprint density at radius 1 is 1.54 bits per heavy atom. The minimum Gasteiger partial charge on any atom is -0.388 e. The molecule has 2 heterocycles. The molecule has 0 aromatic carbocycles. The van der Waals surface area contributed by atoms with Crippen LogP contribution in [0.3, 0.4) is 0 Å². The lowest BCUT2D eigenvalue weighted by Gasteiger charge is -2.22. The minimum absolute atomic E-state index is 0.0443. The van der Waals surface area contributed by atoms with E-state index in [1.54, 1.807) is 0 Å². The lowest BCUT2D eigenvalue weighted by Crippen LogP contribution is -2.22. The lowest BCUT2D eigenvalue weighted by molar-refractivity contribution is 0.0639. The van der Waals surface area contributed by atoms with Crippen LogP contribution < -0.4 is 0 Å². The van der Waals surface area contributed by atoms with E-state index in [0.717, 1.165) is 26.1 Å². The van der Waals surface area contributed by atoms with Crippen molar-refractivity contribution < 1.29 is 9.84 Å². The zero-order chi connectivity index (χ0) is 9.10. The highest BCUT2D eigenvalue weighted by atomic mass is 16.5. The van der Waals surface area contributed by atoms with E-state index in [4.69, 9.17) is 9.84 Å². The van der Waals surface area contributed by atoms with Gasteiger partial charge < -0.3 is 9.84 Å². The van der Waals surface area contributed by atoms with Crippen molar-refractivity contribution in [3.8, 4) is 0 Å². The summed E-state index contributed by atoms with van der Waals surface area (Å²) in [7, 11) is 0. The summed E-state index contributed by atoms with van der Waals surface area (Å²) in [4.78, 5) is 3.97. The van der Waals surface area contributed by atoms with Gasteiger partial charge in [-0.3, -0.25) is 0 Å². The highest BCUT2D eigenvalue weighted by Gasteiger charge is 2.18. The fourth-order valence-corrected chi connectivity index (χ4v) is 1.62. The van der Waals surface area contributed by atoms with Crippen LogP contribution in [0.5, 0.6) is 0 Å². The third-order valence-electron chi connectivity index (χ3n) is 2.33. The Morgan fingerprint density at radius 2 is 2.31 bits per heavy atom. The molecule has 5 heteroatoms. The van der Waals surface area contributed by atoms with Gasteiger partial charge in [0.2, 0.25) is 0 Å². The molecule has 1 fully saturated rings. The van der Waals surface area contributed by atoms with E-state index in [-0.39, 0.29) is 6.61 Å². The molecule has 1 N–H and O–H groups in total. The van der Waals surface area contributed by atoms with Crippen LogP contribution in [-0.2, 0) is 11.3 Å². The fraction of sp³-hybridized carbons (Fsp3) is 0.750. The molecule has 72 valence electrons. The van der Waals surface area contributed by atoms with Gasteiger partial charge in [-0.05, 0) is 12.8 Å². The van der Waals surface area contributed by atoms with Gasteiger partial charge in [0.1, 0.15) is 12.9 Å². The molecule has 1 saturated heterocycles. The summed E-state index contributed by atoms with van der Waals surface area (Å²) in [6.45, 7) is 1.50. The normalized spacial score (nSPS) is 19.2. The van der Waals surface area contributed by atoms with Crippen molar-refractivity contribution in [1.29, 1.82) is 0 Å². The summed E-state index contributed by atoms with van der Waals surface area (Å²) in [5.41, 5.74) is 0. The fourth-order valence-electron chi connectivity index (χ4n) is 1.62. The van der Waals surface area contributed by atoms with Gasteiger partial charge in [0, 0.05) is 13.2 Å². The van der Waals surface area contributed by atoms with Crippen LogP contribution >= 0.6 is 0 Å².